The summed E-state index contributed by atoms with van der Waals surface area (Å²) in [6, 6.07) is 30.1. The van der Waals surface area contributed by atoms with Crippen molar-refractivity contribution in [1.29, 1.82) is 0 Å². The van der Waals surface area contributed by atoms with Gasteiger partial charge in [0.15, 0.2) is 0 Å². The number of fused-ring (bicyclic) bond motifs is 1. The minimum atomic E-state index is -0.134. The Morgan fingerprint density at radius 3 is 2.35 bits per heavy atom. The van der Waals surface area contributed by atoms with Crippen LogP contribution < -0.4 is 14.9 Å². The normalized spacial score (nSPS) is 11.0. The lowest BCUT2D eigenvalue weighted by Gasteiger charge is -2.07. The molecule has 0 aliphatic heterocycles. The third kappa shape index (κ3) is 6.86. The molecule has 0 aliphatic rings. The van der Waals surface area contributed by atoms with Gasteiger partial charge in [0.25, 0.3) is 0 Å². The van der Waals surface area contributed by atoms with Crippen LogP contribution in [-0.2, 0) is 17.2 Å². The molecule has 0 spiro atoms. The van der Waals surface area contributed by atoms with Crippen LogP contribution in [0.3, 0.4) is 0 Å². The molecule has 0 aromatic heterocycles. The molecule has 6 heteroatoms. The third-order valence-corrected chi connectivity index (χ3v) is 6.17. The Morgan fingerprint density at radius 2 is 1.59 bits per heavy atom. The fourth-order valence-electron chi connectivity index (χ4n) is 3.34. The number of nitrogens with one attached hydrogen (secondary N) is 1. The number of thioether (sulfide) groups is 1. The van der Waals surface area contributed by atoms with E-state index in [1.165, 1.54) is 22.5 Å². The molecule has 4 aromatic rings. The van der Waals surface area contributed by atoms with E-state index in [1.807, 2.05) is 60.7 Å². The highest BCUT2D eigenvalue weighted by Crippen LogP contribution is 2.19. The molecule has 0 aliphatic carbocycles. The Balaban J connectivity index is 1.18. The van der Waals surface area contributed by atoms with Crippen LogP contribution in [0.25, 0.3) is 10.8 Å². The standard InChI is InChI=1S/C28H26N2O3S/c1-32-26-12-9-22(10-13-26)19-34-20-28(31)30-29-17-21-7-14-27(15-8-21)33-18-23-6-11-24-4-2-3-5-25(24)16-23/h2-17H,18-20H2,1H3,(H,30,31)/b29-17-. The van der Waals surface area contributed by atoms with Gasteiger partial charge in [0.1, 0.15) is 18.1 Å². The SMILES string of the molecule is COc1ccc(CSCC(=O)N/N=C\c2ccc(OCc3ccc4ccccc4c3)cc2)cc1. The van der Waals surface area contributed by atoms with Gasteiger partial charge >= 0.3 is 0 Å². The molecule has 5 nitrogen and oxygen atoms in total. The minimum absolute atomic E-state index is 0.134. The first-order valence-corrected chi connectivity index (χ1v) is 12.1. The molecule has 1 N–H and O–H groups in total. The van der Waals surface area contributed by atoms with E-state index in [2.05, 4.69) is 40.9 Å². The van der Waals surface area contributed by atoms with Crippen molar-refractivity contribution in [2.45, 2.75) is 12.4 Å². The monoisotopic (exact) mass is 470 g/mol. The number of hydrazone groups is 1. The first kappa shape index (κ1) is 23.4. The molecule has 0 saturated carbocycles. The lowest BCUT2D eigenvalue weighted by molar-refractivity contribution is -0.118. The van der Waals surface area contributed by atoms with Gasteiger partial charge in [0, 0.05) is 5.75 Å². The van der Waals surface area contributed by atoms with Crippen molar-refractivity contribution in [3.8, 4) is 11.5 Å². The van der Waals surface area contributed by atoms with Crippen LogP contribution in [0.4, 0.5) is 0 Å². The van der Waals surface area contributed by atoms with Gasteiger partial charge in [-0.05, 0) is 69.9 Å². The maximum absolute atomic E-state index is 12.0. The van der Waals surface area contributed by atoms with E-state index in [9.17, 15) is 4.79 Å². The number of amides is 1. The first-order chi connectivity index (χ1) is 16.7. The van der Waals surface area contributed by atoms with E-state index < -0.39 is 0 Å². The summed E-state index contributed by atoms with van der Waals surface area (Å²) in [7, 11) is 1.64. The largest absolute Gasteiger partial charge is 0.497 e. The molecule has 1 amide bonds. The van der Waals surface area contributed by atoms with Crippen molar-refractivity contribution in [1.82, 2.24) is 5.43 Å². The van der Waals surface area contributed by atoms with Gasteiger partial charge < -0.3 is 9.47 Å². The van der Waals surface area contributed by atoms with Crippen molar-refractivity contribution in [3.63, 3.8) is 0 Å². The van der Waals surface area contributed by atoms with Crippen molar-refractivity contribution in [3.05, 3.63) is 108 Å². The van der Waals surface area contributed by atoms with Gasteiger partial charge in [-0.25, -0.2) is 5.43 Å². The lowest BCUT2D eigenvalue weighted by atomic mass is 10.1. The zero-order chi connectivity index (χ0) is 23.6. The fourth-order valence-corrected chi connectivity index (χ4v) is 4.12. The van der Waals surface area contributed by atoms with Crippen LogP contribution in [0.1, 0.15) is 16.7 Å². The van der Waals surface area contributed by atoms with Crippen molar-refractivity contribution < 1.29 is 14.3 Å². The second-order valence-corrected chi connectivity index (χ2v) is 8.66. The first-order valence-electron chi connectivity index (χ1n) is 10.9. The molecule has 4 aromatic carbocycles. The maximum atomic E-state index is 12.0. The summed E-state index contributed by atoms with van der Waals surface area (Å²) in [5.41, 5.74) is 5.71. The summed E-state index contributed by atoms with van der Waals surface area (Å²) >= 11 is 1.54. The number of rotatable bonds is 10. The Labute approximate surface area is 203 Å². The smallest absolute Gasteiger partial charge is 0.250 e. The van der Waals surface area contributed by atoms with E-state index in [-0.39, 0.29) is 5.91 Å². The molecular formula is C28H26N2O3S. The zero-order valence-corrected chi connectivity index (χ0v) is 19.8. The summed E-state index contributed by atoms with van der Waals surface area (Å²) in [6.45, 7) is 0.502. The topological polar surface area (TPSA) is 59.9 Å². The third-order valence-electron chi connectivity index (χ3n) is 5.16. The number of benzene rings is 4. The molecule has 0 saturated heterocycles. The summed E-state index contributed by atoms with van der Waals surface area (Å²) in [5, 5.41) is 6.47. The molecule has 4 rings (SSSR count). The number of carbonyl (C=O) groups excluding carboxylic acids is 1. The number of carbonyl (C=O) groups is 1. The van der Waals surface area contributed by atoms with E-state index in [1.54, 1.807) is 13.3 Å². The predicted molar refractivity (Wildman–Crippen MR) is 140 cm³/mol. The van der Waals surface area contributed by atoms with Crippen LogP contribution in [0.2, 0.25) is 0 Å². The van der Waals surface area contributed by atoms with Gasteiger partial charge in [0.05, 0.1) is 19.1 Å². The summed E-state index contributed by atoms with van der Waals surface area (Å²) in [4.78, 5) is 12.0. The molecule has 34 heavy (non-hydrogen) atoms. The van der Waals surface area contributed by atoms with Crippen LogP contribution in [0.15, 0.2) is 96.1 Å². The molecular weight excluding hydrogens is 444 g/mol. The molecule has 0 atom stereocenters. The maximum Gasteiger partial charge on any atom is 0.250 e. The number of methoxy groups -OCH3 is 1. The fraction of sp³-hybridized carbons (Fsp3) is 0.143. The van der Waals surface area contributed by atoms with E-state index in [4.69, 9.17) is 9.47 Å². The van der Waals surface area contributed by atoms with Crippen LogP contribution >= 0.6 is 11.8 Å². The van der Waals surface area contributed by atoms with E-state index in [0.29, 0.717) is 12.4 Å². The zero-order valence-electron chi connectivity index (χ0n) is 18.9. The quantitative estimate of drug-likeness (QED) is 0.235. The molecule has 0 unspecified atom stereocenters. The lowest BCUT2D eigenvalue weighted by Crippen LogP contribution is -2.19. The highest BCUT2D eigenvalue weighted by Gasteiger charge is 2.02. The molecule has 0 bridgehead atoms. The summed E-state index contributed by atoms with van der Waals surface area (Å²) in [5.74, 6) is 2.56. The van der Waals surface area contributed by atoms with Gasteiger partial charge in [-0.3, -0.25) is 4.79 Å². The molecule has 0 radical (unpaired) electrons. The molecule has 172 valence electrons. The van der Waals surface area contributed by atoms with Crippen molar-refractivity contribution in [2.24, 2.45) is 5.10 Å². The Bertz CT molecular complexity index is 1250. The Hall–Kier alpha value is -3.77. The average molecular weight is 471 g/mol. The number of ether oxygens (including phenoxy) is 2. The van der Waals surface area contributed by atoms with Gasteiger partial charge in [-0.2, -0.15) is 5.10 Å². The predicted octanol–water partition coefficient (Wildman–Crippen LogP) is 5.81. The van der Waals surface area contributed by atoms with E-state index >= 15 is 0 Å². The summed E-state index contributed by atoms with van der Waals surface area (Å²) in [6.07, 6.45) is 1.62. The molecule has 0 heterocycles. The van der Waals surface area contributed by atoms with Crippen molar-refractivity contribution in [2.75, 3.05) is 12.9 Å². The second-order valence-electron chi connectivity index (χ2n) is 7.67. The van der Waals surface area contributed by atoms with Gasteiger partial charge in [-0.15, -0.1) is 11.8 Å². The molecule has 0 fully saturated rings. The van der Waals surface area contributed by atoms with Gasteiger partial charge in [-0.1, -0.05) is 48.5 Å². The highest BCUT2D eigenvalue weighted by molar-refractivity contribution is 7.99. The average Bonchev–Trinajstić information content (AvgIpc) is 2.88. The van der Waals surface area contributed by atoms with Crippen molar-refractivity contribution >= 4 is 34.7 Å². The second kappa shape index (κ2) is 11.9. The van der Waals surface area contributed by atoms with Gasteiger partial charge in [0.2, 0.25) is 5.91 Å². The van der Waals surface area contributed by atoms with Crippen LogP contribution in [0.5, 0.6) is 11.5 Å². The van der Waals surface area contributed by atoms with E-state index in [0.717, 1.165) is 33.9 Å². The summed E-state index contributed by atoms with van der Waals surface area (Å²) < 4.78 is 11.1. The number of hydrogen-bond acceptors (Lipinski definition) is 5. The van der Waals surface area contributed by atoms with Crippen LogP contribution in [0, 0.1) is 0 Å². The number of nitrogens with zero attached hydrogens (tertiary/aromatic N) is 1. The number of hydrogen-bond donors (Lipinski definition) is 1. The Kier molecular flexibility index (Phi) is 8.19. The minimum Gasteiger partial charge on any atom is -0.497 e. The Morgan fingerprint density at radius 1 is 0.882 bits per heavy atom. The van der Waals surface area contributed by atoms with Crippen LogP contribution in [-0.4, -0.2) is 25.0 Å². The highest BCUT2D eigenvalue weighted by atomic mass is 32.2.